The van der Waals surface area contributed by atoms with Gasteiger partial charge < -0.3 is 15.5 Å². The number of nitro groups is 1. The molecule has 1 amide bonds. The summed E-state index contributed by atoms with van der Waals surface area (Å²) in [7, 11) is 0. The lowest BCUT2D eigenvalue weighted by Gasteiger charge is -2.17. The normalized spacial score (nSPS) is 12.8. The van der Waals surface area contributed by atoms with Crippen molar-refractivity contribution in [2.45, 2.75) is 18.6 Å². The van der Waals surface area contributed by atoms with E-state index < -0.39 is 40.5 Å². The molecule has 26 heavy (non-hydrogen) atoms. The molecule has 0 aromatic heterocycles. The molecule has 0 saturated carbocycles. The number of carbonyl (C=O) groups is 2. The summed E-state index contributed by atoms with van der Waals surface area (Å²) >= 11 is 0. The zero-order valence-electron chi connectivity index (χ0n) is 13.3. The molecule has 8 nitrogen and oxygen atoms in total. The Bertz CT molecular complexity index is 827. The number of carboxylic acids is 1. The van der Waals surface area contributed by atoms with Gasteiger partial charge in [0.2, 0.25) is 5.82 Å². The van der Waals surface area contributed by atoms with Crippen LogP contribution in [0.2, 0.25) is 0 Å². The molecule has 2 atom stereocenters. The van der Waals surface area contributed by atoms with Crippen LogP contribution in [0.25, 0.3) is 0 Å². The number of amides is 1. The SMILES string of the molecule is O=C(N[C@H](Cc1ccc(F)c([N+](=O)[O-])c1)C(=O)O)[C@@H](O)c1ccccc1. The number of hydrogen-bond donors (Lipinski definition) is 3. The highest BCUT2D eigenvalue weighted by Gasteiger charge is 2.26. The number of carbonyl (C=O) groups excluding carboxylic acids is 1. The minimum Gasteiger partial charge on any atom is -0.480 e. The lowest BCUT2D eigenvalue weighted by atomic mass is 10.0. The Balaban J connectivity index is 2.14. The number of benzene rings is 2. The molecule has 0 aliphatic heterocycles. The van der Waals surface area contributed by atoms with E-state index >= 15 is 0 Å². The van der Waals surface area contributed by atoms with Crippen LogP contribution in [0.5, 0.6) is 0 Å². The summed E-state index contributed by atoms with van der Waals surface area (Å²) in [5, 5.41) is 32.2. The van der Waals surface area contributed by atoms with Gasteiger partial charge in [0.05, 0.1) is 4.92 Å². The van der Waals surface area contributed by atoms with Gasteiger partial charge in [0.1, 0.15) is 6.04 Å². The number of aliphatic hydroxyl groups excluding tert-OH is 1. The monoisotopic (exact) mass is 362 g/mol. The topological polar surface area (TPSA) is 130 Å². The fourth-order valence-corrected chi connectivity index (χ4v) is 2.30. The molecule has 0 saturated heterocycles. The van der Waals surface area contributed by atoms with E-state index in [0.717, 1.165) is 12.1 Å². The van der Waals surface area contributed by atoms with Crippen LogP contribution in [0.15, 0.2) is 48.5 Å². The summed E-state index contributed by atoms with van der Waals surface area (Å²) in [5.74, 6) is -3.38. The van der Waals surface area contributed by atoms with Gasteiger partial charge in [-0.2, -0.15) is 4.39 Å². The minimum absolute atomic E-state index is 0.153. The third-order valence-electron chi connectivity index (χ3n) is 3.63. The summed E-state index contributed by atoms with van der Waals surface area (Å²) in [6, 6.07) is 9.42. The number of aliphatic carboxylic acids is 1. The maximum Gasteiger partial charge on any atom is 0.326 e. The van der Waals surface area contributed by atoms with Crippen molar-refractivity contribution in [2.24, 2.45) is 0 Å². The summed E-state index contributed by atoms with van der Waals surface area (Å²) in [6.45, 7) is 0. The summed E-state index contributed by atoms with van der Waals surface area (Å²) in [4.78, 5) is 33.3. The van der Waals surface area contributed by atoms with Crippen LogP contribution in [0.4, 0.5) is 10.1 Å². The molecule has 136 valence electrons. The maximum atomic E-state index is 13.4. The molecule has 0 fully saturated rings. The third-order valence-corrected chi connectivity index (χ3v) is 3.63. The van der Waals surface area contributed by atoms with E-state index in [-0.39, 0.29) is 17.5 Å². The van der Waals surface area contributed by atoms with Gasteiger partial charge in [-0.1, -0.05) is 36.4 Å². The van der Waals surface area contributed by atoms with Gasteiger partial charge in [0, 0.05) is 12.5 Å². The summed E-state index contributed by atoms with van der Waals surface area (Å²) in [5.41, 5.74) is -0.353. The number of aliphatic hydroxyl groups is 1. The second kappa shape index (κ2) is 8.17. The molecular formula is C17H15FN2O6. The summed E-state index contributed by atoms with van der Waals surface area (Å²) in [6.07, 6.45) is -1.88. The zero-order valence-corrected chi connectivity index (χ0v) is 13.3. The second-order valence-electron chi connectivity index (χ2n) is 5.46. The molecule has 0 aliphatic rings. The quantitative estimate of drug-likeness (QED) is 0.506. The van der Waals surface area contributed by atoms with E-state index in [0.29, 0.717) is 0 Å². The highest BCUT2D eigenvalue weighted by Crippen LogP contribution is 2.20. The molecule has 0 bridgehead atoms. The lowest BCUT2D eigenvalue weighted by Crippen LogP contribution is -2.44. The highest BCUT2D eigenvalue weighted by atomic mass is 19.1. The Morgan fingerprint density at radius 1 is 1.19 bits per heavy atom. The summed E-state index contributed by atoms with van der Waals surface area (Å²) < 4.78 is 13.4. The van der Waals surface area contributed by atoms with Crippen molar-refractivity contribution in [1.29, 1.82) is 0 Å². The predicted molar refractivity (Wildman–Crippen MR) is 87.7 cm³/mol. The van der Waals surface area contributed by atoms with Crippen molar-refractivity contribution in [3.63, 3.8) is 0 Å². The van der Waals surface area contributed by atoms with Gasteiger partial charge in [-0.15, -0.1) is 0 Å². The molecule has 0 unspecified atom stereocenters. The molecule has 0 spiro atoms. The smallest absolute Gasteiger partial charge is 0.326 e. The Hall–Kier alpha value is -3.33. The standard InChI is InChI=1S/C17H15FN2O6/c18-12-7-6-10(9-14(12)20(25)26)8-13(17(23)24)19-16(22)15(21)11-4-2-1-3-5-11/h1-7,9,13,15,21H,8H2,(H,19,22)(H,23,24)/t13-,15+/m1/s1. The fraction of sp³-hybridized carbons (Fsp3) is 0.176. The highest BCUT2D eigenvalue weighted by molar-refractivity contribution is 5.87. The maximum absolute atomic E-state index is 13.4. The van der Waals surface area contributed by atoms with Crippen LogP contribution < -0.4 is 5.32 Å². The van der Waals surface area contributed by atoms with Gasteiger partial charge in [0.15, 0.2) is 6.10 Å². The van der Waals surface area contributed by atoms with E-state index in [1.54, 1.807) is 18.2 Å². The van der Waals surface area contributed by atoms with Crippen molar-refractivity contribution >= 4 is 17.6 Å². The van der Waals surface area contributed by atoms with E-state index in [1.807, 2.05) is 0 Å². The first kappa shape index (κ1) is 19.0. The van der Waals surface area contributed by atoms with Crippen molar-refractivity contribution in [2.75, 3.05) is 0 Å². The number of halogens is 1. The molecule has 2 aromatic rings. The van der Waals surface area contributed by atoms with Crippen LogP contribution in [-0.2, 0) is 16.0 Å². The Kier molecular flexibility index (Phi) is 5.97. The first-order valence-electron chi connectivity index (χ1n) is 7.48. The number of rotatable bonds is 7. The first-order valence-corrected chi connectivity index (χ1v) is 7.48. The zero-order chi connectivity index (χ0) is 19.3. The first-order chi connectivity index (χ1) is 12.3. The average Bonchev–Trinajstić information content (AvgIpc) is 2.62. The van der Waals surface area contributed by atoms with Crippen LogP contribution in [-0.4, -0.2) is 33.1 Å². The number of nitrogens with one attached hydrogen (secondary N) is 1. The Morgan fingerprint density at radius 3 is 2.42 bits per heavy atom. The largest absolute Gasteiger partial charge is 0.480 e. The molecule has 2 aromatic carbocycles. The van der Waals surface area contributed by atoms with Crippen molar-refractivity contribution in [3.05, 3.63) is 75.6 Å². The van der Waals surface area contributed by atoms with E-state index in [9.17, 15) is 34.3 Å². The molecule has 0 radical (unpaired) electrons. The molecule has 0 heterocycles. The van der Waals surface area contributed by atoms with E-state index in [1.165, 1.54) is 18.2 Å². The predicted octanol–water partition coefficient (Wildman–Crippen LogP) is 1.58. The van der Waals surface area contributed by atoms with Crippen molar-refractivity contribution in [3.8, 4) is 0 Å². The van der Waals surface area contributed by atoms with Crippen LogP contribution in [0.1, 0.15) is 17.2 Å². The molecule has 2 rings (SSSR count). The minimum atomic E-state index is -1.57. The van der Waals surface area contributed by atoms with Crippen LogP contribution >= 0.6 is 0 Å². The van der Waals surface area contributed by atoms with E-state index in [4.69, 9.17) is 0 Å². The number of carboxylic acid groups (broad SMARTS) is 1. The van der Waals surface area contributed by atoms with Gasteiger partial charge in [-0.25, -0.2) is 4.79 Å². The van der Waals surface area contributed by atoms with Crippen molar-refractivity contribution in [1.82, 2.24) is 5.32 Å². The third kappa shape index (κ3) is 4.61. The fourth-order valence-electron chi connectivity index (χ4n) is 2.30. The second-order valence-corrected chi connectivity index (χ2v) is 5.46. The number of nitro benzene ring substituents is 1. The number of hydrogen-bond acceptors (Lipinski definition) is 5. The van der Waals surface area contributed by atoms with Crippen molar-refractivity contribution < 1.29 is 29.1 Å². The lowest BCUT2D eigenvalue weighted by molar-refractivity contribution is -0.387. The molecular weight excluding hydrogens is 347 g/mol. The molecule has 0 aliphatic carbocycles. The molecule has 9 heteroatoms. The number of nitrogens with zero attached hydrogens (tertiary/aromatic N) is 1. The van der Waals surface area contributed by atoms with Crippen LogP contribution in [0.3, 0.4) is 0 Å². The Morgan fingerprint density at radius 2 is 1.85 bits per heavy atom. The molecule has 3 N–H and O–H groups in total. The van der Waals surface area contributed by atoms with Crippen LogP contribution in [0, 0.1) is 15.9 Å². The van der Waals surface area contributed by atoms with E-state index in [2.05, 4.69) is 5.32 Å². The Labute approximate surface area is 147 Å². The van der Waals surface area contributed by atoms with Gasteiger partial charge in [0.25, 0.3) is 5.91 Å². The van der Waals surface area contributed by atoms with Gasteiger partial charge >= 0.3 is 11.7 Å². The average molecular weight is 362 g/mol. The van der Waals surface area contributed by atoms with Gasteiger partial charge in [-0.3, -0.25) is 14.9 Å². The van der Waals surface area contributed by atoms with Gasteiger partial charge in [-0.05, 0) is 17.2 Å².